The Labute approximate surface area is 107 Å². The molecule has 18 heavy (non-hydrogen) atoms. The number of hydrogen-bond acceptors (Lipinski definition) is 5. The van der Waals surface area contributed by atoms with Crippen molar-refractivity contribution in [3.8, 4) is 0 Å². The Hall–Kier alpha value is -1.43. The number of aromatic nitrogens is 3. The van der Waals surface area contributed by atoms with Gasteiger partial charge in [-0.25, -0.2) is 4.79 Å². The zero-order valence-electron chi connectivity index (χ0n) is 11.6. The third kappa shape index (κ3) is 3.07. The maximum atomic E-state index is 11.8. The van der Waals surface area contributed by atoms with E-state index in [1.807, 2.05) is 6.92 Å². The molecule has 1 aromatic heterocycles. The van der Waals surface area contributed by atoms with E-state index in [2.05, 4.69) is 24.0 Å². The number of carbonyl (C=O) groups excluding carboxylic acids is 1. The van der Waals surface area contributed by atoms with Gasteiger partial charge < -0.3 is 9.47 Å². The van der Waals surface area contributed by atoms with Crippen molar-refractivity contribution in [3.05, 3.63) is 11.6 Å². The minimum Gasteiger partial charge on any atom is -0.460 e. The minimum absolute atomic E-state index is 0.0180. The van der Waals surface area contributed by atoms with Gasteiger partial charge in [0.15, 0.2) is 0 Å². The summed E-state index contributed by atoms with van der Waals surface area (Å²) in [5.74, 6) is 0.784. The highest BCUT2D eigenvalue weighted by molar-refractivity contribution is 5.85. The van der Waals surface area contributed by atoms with Crippen molar-refractivity contribution in [2.75, 3.05) is 20.3 Å². The standard InChI is InChI=1S/C12H21N3O3/c1-6-18-12(16)11-14-13-9(4)15(11)10(7-17-5)8(2)3/h8,10H,6-7H2,1-5H3. The first-order valence-corrected chi connectivity index (χ1v) is 6.10. The van der Waals surface area contributed by atoms with Crippen molar-refractivity contribution < 1.29 is 14.3 Å². The van der Waals surface area contributed by atoms with E-state index in [4.69, 9.17) is 9.47 Å². The van der Waals surface area contributed by atoms with Gasteiger partial charge in [-0.05, 0) is 19.8 Å². The first kappa shape index (κ1) is 14.6. The number of ether oxygens (including phenoxy) is 2. The van der Waals surface area contributed by atoms with Crippen LogP contribution in [0.15, 0.2) is 0 Å². The van der Waals surface area contributed by atoms with E-state index in [1.54, 1.807) is 18.6 Å². The molecule has 0 saturated carbocycles. The molecule has 6 heteroatoms. The number of rotatable bonds is 6. The lowest BCUT2D eigenvalue weighted by Crippen LogP contribution is -2.25. The van der Waals surface area contributed by atoms with Crippen LogP contribution < -0.4 is 0 Å². The Morgan fingerprint density at radius 2 is 2.06 bits per heavy atom. The second-order valence-corrected chi connectivity index (χ2v) is 4.43. The molecule has 0 aromatic carbocycles. The number of nitrogens with zero attached hydrogens (tertiary/aromatic N) is 3. The highest BCUT2D eigenvalue weighted by atomic mass is 16.5. The normalized spacial score (nSPS) is 12.8. The van der Waals surface area contributed by atoms with E-state index in [-0.39, 0.29) is 11.9 Å². The van der Waals surface area contributed by atoms with Gasteiger partial charge in [0.05, 0.1) is 19.3 Å². The largest absolute Gasteiger partial charge is 0.460 e. The third-order valence-electron chi connectivity index (χ3n) is 2.76. The second kappa shape index (κ2) is 6.49. The molecule has 1 aromatic rings. The summed E-state index contributed by atoms with van der Waals surface area (Å²) in [6.07, 6.45) is 0. The molecule has 1 atom stereocenters. The Bertz CT molecular complexity index is 401. The van der Waals surface area contributed by atoms with Crippen LogP contribution in [-0.4, -0.2) is 41.1 Å². The van der Waals surface area contributed by atoms with Crippen LogP contribution >= 0.6 is 0 Å². The predicted octanol–water partition coefficient (Wildman–Crippen LogP) is 1.61. The fraction of sp³-hybridized carbons (Fsp3) is 0.750. The molecule has 1 heterocycles. The van der Waals surface area contributed by atoms with Crippen molar-refractivity contribution in [1.82, 2.24) is 14.8 Å². The number of hydrogen-bond donors (Lipinski definition) is 0. The topological polar surface area (TPSA) is 66.2 Å². The Morgan fingerprint density at radius 3 is 2.56 bits per heavy atom. The molecule has 0 spiro atoms. The molecule has 0 bridgehead atoms. The summed E-state index contributed by atoms with van der Waals surface area (Å²) >= 11 is 0. The van der Waals surface area contributed by atoms with Crippen LogP contribution in [-0.2, 0) is 9.47 Å². The number of carbonyl (C=O) groups is 1. The molecule has 0 saturated heterocycles. The van der Waals surface area contributed by atoms with Crippen LogP contribution in [0, 0.1) is 12.8 Å². The molecule has 0 aliphatic rings. The summed E-state index contributed by atoms with van der Waals surface area (Å²) in [4.78, 5) is 11.8. The van der Waals surface area contributed by atoms with Gasteiger partial charge in [0, 0.05) is 7.11 Å². The van der Waals surface area contributed by atoms with Gasteiger partial charge in [-0.15, -0.1) is 10.2 Å². The fourth-order valence-electron chi connectivity index (χ4n) is 1.84. The molecule has 102 valence electrons. The van der Waals surface area contributed by atoms with Gasteiger partial charge in [0.1, 0.15) is 5.82 Å². The maximum absolute atomic E-state index is 11.8. The minimum atomic E-state index is -0.445. The zero-order chi connectivity index (χ0) is 13.7. The molecule has 0 N–H and O–H groups in total. The van der Waals surface area contributed by atoms with Crippen molar-refractivity contribution in [1.29, 1.82) is 0 Å². The van der Waals surface area contributed by atoms with Crippen LogP contribution in [0.4, 0.5) is 0 Å². The quantitative estimate of drug-likeness (QED) is 0.722. The first-order chi connectivity index (χ1) is 8.52. The Balaban J connectivity index is 3.12. The van der Waals surface area contributed by atoms with E-state index in [0.717, 1.165) is 0 Å². The molecule has 0 fully saturated rings. The van der Waals surface area contributed by atoms with Gasteiger partial charge in [-0.2, -0.15) is 0 Å². The third-order valence-corrected chi connectivity index (χ3v) is 2.76. The van der Waals surface area contributed by atoms with Gasteiger partial charge in [0.2, 0.25) is 5.82 Å². The number of methoxy groups -OCH3 is 1. The molecule has 0 aliphatic heterocycles. The highest BCUT2D eigenvalue weighted by Gasteiger charge is 2.26. The number of aryl methyl sites for hydroxylation is 1. The van der Waals surface area contributed by atoms with Gasteiger partial charge >= 0.3 is 5.97 Å². The molecule has 0 amide bonds. The van der Waals surface area contributed by atoms with E-state index in [9.17, 15) is 4.79 Å². The molecular weight excluding hydrogens is 234 g/mol. The smallest absolute Gasteiger partial charge is 0.376 e. The Morgan fingerprint density at radius 1 is 1.39 bits per heavy atom. The number of esters is 1. The first-order valence-electron chi connectivity index (χ1n) is 6.10. The molecule has 6 nitrogen and oxygen atoms in total. The van der Waals surface area contributed by atoms with E-state index in [1.165, 1.54) is 0 Å². The van der Waals surface area contributed by atoms with Crippen LogP contribution in [0.2, 0.25) is 0 Å². The van der Waals surface area contributed by atoms with Gasteiger partial charge in [-0.1, -0.05) is 13.8 Å². The van der Waals surface area contributed by atoms with Crippen molar-refractivity contribution in [3.63, 3.8) is 0 Å². The second-order valence-electron chi connectivity index (χ2n) is 4.43. The molecule has 0 aliphatic carbocycles. The van der Waals surface area contributed by atoms with Crippen molar-refractivity contribution in [2.24, 2.45) is 5.92 Å². The van der Waals surface area contributed by atoms with Crippen LogP contribution in [0.3, 0.4) is 0 Å². The Kier molecular flexibility index (Phi) is 5.27. The van der Waals surface area contributed by atoms with Gasteiger partial charge in [0.25, 0.3) is 0 Å². The lowest BCUT2D eigenvalue weighted by atomic mass is 10.0. The van der Waals surface area contributed by atoms with Gasteiger partial charge in [-0.3, -0.25) is 4.57 Å². The zero-order valence-corrected chi connectivity index (χ0v) is 11.6. The van der Waals surface area contributed by atoms with Crippen molar-refractivity contribution >= 4 is 5.97 Å². The lowest BCUT2D eigenvalue weighted by molar-refractivity contribution is 0.0492. The highest BCUT2D eigenvalue weighted by Crippen LogP contribution is 2.21. The van der Waals surface area contributed by atoms with Crippen LogP contribution in [0.25, 0.3) is 0 Å². The lowest BCUT2D eigenvalue weighted by Gasteiger charge is -2.23. The van der Waals surface area contributed by atoms with Crippen molar-refractivity contribution in [2.45, 2.75) is 33.7 Å². The fourth-order valence-corrected chi connectivity index (χ4v) is 1.84. The summed E-state index contributed by atoms with van der Waals surface area (Å²) in [7, 11) is 1.64. The predicted molar refractivity (Wildman–Crippen MR) is 66.5 cm³/mol. The van der Waals surface area contributed by atoms with E-state index < -0.39 is 5.97 Å². The van der Waals surface area contributed by atoms with E-state index >= 15 is 0 Å². The monoisotopic (exact) mass is 255 g/mol. The summed E-state index contributed by atoms with van der Waals surface area (Å²) < 4.78 is 12.0. The summed E-state index contributed by atoms with van der Waals surface area (Å²) in [5.41, 5.74) is 0. The molecule has 1 rings (SSSR count). The summed E-state index contributed by atoms with van der Waals surface area (Å²) in [6, 6.07) is 0.0180. The SMILES string of the molecule is CCOC(=O)c1nnc(C)n1C(COC)C(C)C. The maximum Gasteiger partial charge on any atom is 0.376 e. The van der Waals surface area contributed by atoms with Crippen LogP contribution in [0.5, 0.6) is 0 Å². The summed E-state index contributed by atoms with van der Waals surface area (Å²) in [5, 5.41) is 7.86. The average Bonchev–Trinajstić information content (AvgIpc) is 2.68. The average molecular weight is 255 g/mol. The molecular formula is C12H21N3O3. The summed E-state index contributed by atoms with van der Waals surface area (Å²) in [6.45, 7) is 8.54. The molecule has 0 radical (unpaired) electrons. The van der Waals surface area contributed by atoms with E-state index in [0.29, 0.717) is 25.0 Å². The van der Waals surface area contributed by atoms with Crippen LogP contribution in [0.1, 0.15) is 43.3 Å². The molecule has 1 unspecified atom stereocenters.